The maximum Gasteiger partial charge on any atom is 0.341 e. The molecule has 0 spiro atoms. The smallest absolute Gasteiger partial charge is 0.341 e. The minimum absolute atomic E-state index is 0.000108. The third-order valence-electron chi connectivity index (χ3n) is 9.03. The number of hydrogen-bond donors (Lipinski definition) is 3. The molecule has 0 fully saturated rings. The molecule has 13 heteroatoms. The first kappa shape index (κ1) is 39.8. The molecule has 6 rings (SSSR count). The van der Waals surface area contributed by atoms with Crippen LogP contribution in [0.2, 0.25) is 0 Å². The van der Waals surface area contributed by atoms with E-state index in [-0.39, 0.29) is 11.6 Å². The zero-order valence-corrected chi connectivity index (χ0v) is 33.1. The van der Waals surface area contributed by atoms with Gasteiger partial charge in [0, 0.05) is 40.7 Å². The second kappa shape index (κ2) is 18.6. The molecule has 0 radical (unpaired) electrons. The number of ether oxygens (including phenoxy) is 3. The molecule has 1 unspecified atom stereocenters. The molecule has 0 saturated heterocycles. The van der Waals surface area contributed by atoms with Gasteiger partial charge in [-0.1, -0.05) is 60.7 Å². The second-order valence-electron chi connectivity index (χ2n) is 12.9. The minimum atomic E-state index is -0.564. The van der Waals surface area contributed by atoms with Crippen LogP contribution in [0.25, 0.3) is 6.08 Å². The summed E-state index contributed by atoms with van der Waals surface area (Å²) in [5.74, 6) is -0.787. The Bertz CT molecular complexity index is 2240. The van der Waals surface area contributed by atoms with E-state index in [1.165, 1.54) is 50.0 Å². The molecule has 1 aliphatic rings. The number of rotatable bonds is 14. The summed E-state index contributed by atoms with van der Waals surface area (Å²) >= 11 is 2.71. The van der Waals surface area contributed by atoms with E-state index in [1.807, 2.05) is 24.3 Å². The van der Waals surface area contributed by atoms with Gasteiger partial charge in [0.1, 0.15) is 10.7 Å². The molecule has 1 atom stereocenters. The molecule has 288 valence electrons. The van der Waals surface area contributed by atoms with E-state index in [0.717, 1.165) is 28.4 Å². The Balaban J connectivity index is 1.15. The van der Waals surface area contributed by atoms with Crippen molar-refractivity contribution < 1.29 is 33.4 Å². The number of methoxy groups -OCH3 is 3. The van der Waals surface area contributed by atoms with Crippen LogP contribution >= 0.6 is 23.1 Å². The van der Waals surface area contributed by atoms with Crippen LogP contribution < -0.4 is 25.4 Å². The summed E-state index contributed by atoms with van der Waals surface area (Å²) in [6, 6.07) is 31.1. The number of carbonyl (C=O) groups excluding carboxylic acids is 4. The number of anilines is 2. The van der Waals surface area contributed by atoms with Crippen LogP contribution in [-0.2, 0) is 33.8 Å². The molecule has 56 heavy (non-hydrogen) atoms. The van der Waals surface area contributed by atoms with Gasteiger partial charge < -0.3 is 30.2 Å². The lowest BCUT2D eigenvalue weighted by molar-refractivity contribution is -0.115. The third-order valence-corrected chi connectivity index (χ3v) is 11.3. The largest absolute Gasteiger partial charge is 0.493 e. The van der Waals surface area contributed by atoms with E-state index in [2.05, 4.69) is 33.0 Å². The third kappa shape index (κ3) is 9.85. The number of thiophene rings is 1. The van der Waals surface area contributed by atoms with Gasteiger partial charge in [-0.25, -0.2) is 4.79 Å². The number of fused-ring (bicyclic) bond motifs is 1. The minimum Gasteiger partial charge on any atom is -0.493 e. The van der Waals surface area contributed by atoms with Crippen molar-refractivity contribution in [1.29, 1.82) is 0 Å². The van der Waals surface area contributed by atoms with Gasteiger partial charge in [0.25, 0.3) is 11.8 Å². The molecule has 4 aromatic carbocycles. The van der Waals surface area contributed by atoms with Crippen molar-refractivity contribution in [1.82, 2.24) is 10.2 Å². The first-order chi connectivity index (χ1) is 27.1. The fraction of sp³-hybridized carbons (Fsp3) is 0.209. The molecule has 3 amide bonds. The average molecular weight is 791 g/mol. The van der Waals surface area contributed by atoms with E-state index >= 15 is 0 Å². The van der Waals surface area contributed by atoms with Crippen LogP contribution in [-0.4, -0.2) is 61.7 Å². The Labute approximate surface area is 334 Å². The Morgan fingerprint density at radius 2 is 1.59 bits per heavy atom. The second-order valence-corrected chi connectivity index (χ2v) is 15.4. The zero-order valence-electron chi connectivity index (χ0n) is 31.4. The van der Waals surface area contributed by atoms with Gasteiger partial charge in [0.2, 0.25) is 5.91 Å². The SMILES string of the molecule is COC(=O)c1c(NC(=O)C(C)Sc2cccc(NC(=O)/C(=C\c3ccc(OC)c(OC)c3)NC(=O)c3ccccc3)c2)sc2c1CCN(Cc1ccccc1)C2. The molecule has 5 aromatic rings. The molecular weight excluding hydrogens is 749 g/mol. The number of amides is 3. The molecule has 0 aliphatic carbocycles. The number of nitrogens with zero attached hydrogens (tertiary/aromatic N) is 1. The van der Waals surface area contributed by atoms with E-state index in [9.17, 15) is 19.2 Å². The highest BCUT2D eigenvalue weighted by Gasteiger charge is 2.30. The Morgan fingerprint density at radius 1 is 0.857 bits per heavy atom. The maximum absolute atomic E-state index is 13.8. The Hall–Kier alpha value is -5.89. The van der Waals surface area contributed by atoms with Crippen LogP contribution in [0.3, 0.4) is 0 Å². The topological polar surface area (TPSA) is 135 Å². The highest BCUT2D eigenvalue weighted by Crippen LogP contribution is 2.39. The molecule has 0 saturated carbocycles. The van der Waals surface area contributed by atoms with Crippen molar-refractivity contribution >= 4 is 63.6 Å². The summed E-state index contributed by atoms with van der Waals surface area (Å²) in [7, 11) is 4.39. The molecule has 1 aromatic heterocycles. The van der Waals surface area contributed by atoms with Crippen molar-refractivity contribution in [3.8, 4) is 11.5 Å². The Kier molecular flexibility index (Phi) is 13.2. The van der Waals surface area contributed by atoms with Gasteiger partial charge in [-0.05, 0) is 78.6 Å². The van der Waals surface area contributed by atoms with E-state index in [1.54, 1.807) is 79.7 Å². The molecule has 2 heterocycles. The van der Waals surface area contributed by atoms with Crippen molar-refractivity contribution in [2.75, 3.05) is 38.5 Å². The number of benzene rings is 4. The van der Waals surface area contributed by atoms with Crippen LogP contribution in [0.1, 0.15) is 49.2 Å². The van der Waals surface area contributed by atoms with Gasteiger partial charge in [-0.15, -0.1) is 23.1 Å². The maximum atomic E-state index is 13.8. The summed E-state index contributed by atoms with van der Waals surface area (Å²) in [6.45, 7) is 4.01. The normalized spacial score (nSPS) is 13.2. The van der Waals surface area contributed by atoms with Gasteiger partial charge in [0.05, 0.1) is 32.1 Å². The first-order valence-corrected chi connectivity index (χ1v) is 19.5. The summed E-state index contributed by atoms with van der Waals surface area (Å²) in [6.07, 6.45) is 2.22. The lowest BCUT2D eigenvalue weighted by Crippen LogP contribution is -2.30. The summed E-state index contributed by atoms with van der Waals surface area (Å²) < 4.78 is 15.9. The summed E-state index contributed by atoms with van der Waals surface area (Å²) in [5.41, 5.74) is 3.99. The van der Waals surface area contributed by atoms with Crippen molar-refractivity contribution in [2.24, 2.45) is 0 Å². The van der Waals surface area contributed by atoms with Crippen molar-refractivity contribution in [3.05, 3.63) is 142 Å². The van der Waals surface area contributed by atoms with Gasteiger partial charge >= 0.3 is 5.97 Å². The van der Waals surface area contributed by atoms with Gasteiger partial charge in [0.15, 0.2) is 11.5 Å². The summed E-state index contributed by atoms with van der Waals surface area (Å²) in [4.78, 5) is 57.6. The van der Waals surface area contributed by atoms with Crippen molar-refractivity contribution in [2.45, 2.75) is 36.6 Å². The fourth-order valence-electron chi connectivity index (χ4n) is 6.21. The monoisotopic (exact) mass is 790 g/mol. The predicted molar refractivity (Wildman–Crippen MR) is 220 cm³/mol. The Morgan fingerprint density at radius 3 is 2.30 bits per heavy atom. The van der Waals surface area contributed by atoms with E-state index in [0.29, 0.717) is 51.8 Å². The number of thioether (sulfide) groups is 1. The molecule has 11 nitrogen and oxygen atoms in total. The quantitative estimate of drug-likeness (QED) is 0.0590. The van der Waals surface area contributed by atoms with Gasteiger partial charge in [-0.3, -0.25) is 19.3 Å². The summed E-state index contributed by atoms with van der Waals surface area (Å²) in [5, 5.41) is 8.55. The number of carbonyl (C=O) groups is 4. The lowest BCUT2D eigenvalue weighted by Gasteiger charge is -2.27. The number of nitrogens with one attached hydrogen (secondary N) is 3. The molecule has 0 bridgehead atoms. The van der Waals surface area contributed by atoms with Crippen LogP contribution in [0.5, 0.6) is 11.5 Å². The van der Waals surface area contributed by atoms with E-state index < -0.39 is 23.0 Å². The lowest BCUT2D eigenvalue weighted by atomic mass is 10.0. The average Bonchev–Trinajstić information content (AvgIpc) is 3.57. The fourth-order valence-corrected chi connectivity index (χ4v) is 8.41. The first-order valence-electron chi connectivity index (χ1n) is 17.8. The van der Waals surface area contributed by atoms with Crippen LogP contribution in [0.4, 0.5) is 10.7 Å². The van der Waals surface area contributed by atoms with Gasteiger partial charge in [-0.2, -0.15) is 0 Å². The highest BCUT2D eigenvalue weighted by molar-refractivity contribution is 8.00. The zero-order chi connectivity index (χ0) is 39.6. The standard InChI is InChI=1S/C43H42N4O7S2/c1-27(39(48)46-42-38(43(51)54-4)33-20-21-47(26-37(33)56-42)25-28-12-7-5-8-13-28)55-32-17-11-16-31(24-32)44-41(50)34(45-40(49)30-14-9-6-10-15-30)22-29-18-19-35(52-2)36(23-29)53-3/h5-19,22-24,27H,20-21,25-26H2,1-4H3,(H,44,50)(H,45,49)(H,46,48)/b34-22+. The van der Waals surface area contributed by atoms with Crippen LogP contribution in [0.15, 0.2) is 114 Å². The van der Waals surface area contributed by atoms with Crippen molar-refractivity contribution in [3.63, 3.8) is 0 Å². The van der Waals surface area contributed by atoms with Crippen LogP contribution in [0, 0.1) is 0 Å². The molecule has 3 N–H and O–H groups in total. The predicted octanol–water partition coefficient (Wildman–Crippen LogP) is 7.64. The highest BCUT2D eigenvalue weighted by atomic mass is 32.2. The number of hydrogen-bond acceptors (Lipinski definition) is 10. The number of esters is 1. The molecule has 1 aliphatic heterocycles. The van der Waals surface area contributed by atoms with E-state index in [4.69, 9.17) is 14.2 Å². The molecular formula is C43H42N4O7S2.